The molecule has 0 saturated heterocycles. The molecule has 0 fully saturated rings. The normalized spacial score (nSPS) is 14.3. The molecule has 0 atom stereocenters. The number of fused-ring (bicyclic) bond motifs is 4. The standard InChI is InChI=1S/C18H15F2N5OS/c1-23-17(26)16-13(4-6-27-16)25-15(21-22-18(23)25)9-24-5-2-3-10-7-11(19)12(20)8-14(10)24/h4,6-8H,2-3,5,9H2,1H3. The van der Waals surface area contributed by atoms with Gasteiger partial charge in [-0.2, -0.15) is 0 Å². The minimum Gasteiger partial charge on any atom is -0.364 e. The Labute approximate surface area is 156 Å². The minimum atomic E-state index is -0.852. The third kappa shape index (κ3) is 2.38. The van der Waals surface area contributed by atoms with E-state index in [1.54, 1.807) is 7.05 Å². The van der Waals surface area contributed by atoms with Crippen molar-refractivity contribution in [2.24, 2.45) is 7.05 Å². The number of hydrogen-bond acceptors (Lipinski definition) is 5. The third-order valence-electron chi connectivity index (χ3n) is 5.07. The summed E-state index contributed by atoms with van der Waals surface area (Å²) in [6.45, 7) is 1.11. The summed E-state index contributed by atoms with van der Waals surface area (Å²) in [6.07, 6.45) is 1.56. The van der Waals surface area contributed by atoms with Gasteiger partial charge in [-0.3, -0.25) is 13.8 Å². The van der Waals surface area contributed by atoms with Crippen LogP contribution in [0.25, 0.3) is 16.0 Å². The van der Waals surface area contributed by atoms with Gasteiger partial charge in [0.1, 0.15) is 4.70 Å². The van der Waals surface area contributed by atoms with Crippen molar-refractivity contribution in [3.63, 3.8) is 0 Å². The van der Waals surface area contributed by atoms with E-state index in [2.05, 4.69) is 10.2 Å². The molecule has 0 N–H and O–H groups in total. The van der Waals surface area contributed by atoms with E-state index < -0.39 is 11.6 Å². The maximum atomic E-state index is 13.8. The van der Waals surface area contributed by atoms with E-state index in [9.17, 15) is 13.6 Å². The number of aryl methyl sites for hydroxylation is 2. The lowest BCUT2D eigenvalue weighted by Crippen LogP contribution is -2.30. The molecule has 4 heterocycles. The third-order valence-corrected chi connectivity index (χ3v) is 5.96. The van der Waals surface area contributed by atoms with E-state index >= 15 is 0 Å². The van der Waals surface area contributed by atoms with E-state index in [4.69, 9.17) is 0 Å². The van der Waals surface area contributed by atoms with Crippen LogP contribution in [-0.2, 0) is 20.0 Å². The monoisotopic (exact) mass is 387 g/mol. The van der Waals surface area contributed by atoms with Crippen molar-refractivity contribution < 1.29 is 8.78 Å². The lowest BCUT2D eigenvalue weighted by molar-refractivity contribution is 0.504. The molecule has 0 spiro atoms. The Morgan fingerprint density at radius 3 is 2.89 bits per heavy atom. The fraction of sp³-hybridized carbons (Fsp3) is 0.278. The summed E-state index contributed by atoms with van der Waals surface area (Å²) in [4.78, 5) is 14.4. The highest BCUT2D eigenvalue weighted by molar-refractivity contribution is 7.17. The fourth-order valence-corrected chi connectivity index (χ4v) is 4.59. The van der Waals surface area contributed by atoms with Crippen LogP contribution in [0.1, 0.15) is 17.8 Å². The van der Waals surface area contributed by atoms with Crippen LogP contribution in [0.15, 0.2) is 28.4 Å². The number of aromatic nitrogens is 4. The summed E-state index contributed by atoms with van der Waals surface area (Å²) in [7, 11) is 1.67. The Bertz CT molecular complexity index is 1260. The van der Waals surface area contributed by atoms with Crippen LogP contribution in [0.4, 0.5) is 14.5 Å². The second kappa shape index (κ2) is 5.85. The molecular weight excluding hydrogens is 372 g/mol. The first-order valence-corrected chi connectivity index (χ1v) is 9.45. The molecule has 27 heavy (non-hydrogen) atoms. The van der Waals surface area contributed by atoms with Crippen molar-refractivity contribution in [2.75, 3.05) is 11.4 Å². The summed E-state index contributed by atoms with van der Waals surface area (Å²) < 4.78 is 31.4. The SMILES string of the molecule is Cn1c(=O)c2sccc2n2c(CN3CCCc4cc(F)c(F)cc43)nnc12. The minimum absolute atomic E-state index is 0.104. The molecule has 6 nitrogen and oxygen atoms in total. The van der Waals surface area contributed by atoms with Crippen LogP contribution in [0.3, 0.4) is 0 Å². The van der Waals surface area contributed by atoms with Crippen LogP contribution in [0.5, 0.6) is 0 Å². The highest BCUT2D eigenvalue weighted by Gasteiger charge is 2.23. The van der Waals surface area contributed by atoms with E-state index in [-0.39, 0.29) is 5.56 Å². The molecule has 4 aromatic rings. The number of hydrogen-bond donors (Lipinski definition) is 0. The van der Waals surface area contributed by atoms with Crippen LogP contribution in [0.2, 0.25) is 0 Å². The molecule has 5 rings (SSSR count). The van der Waals surface area contributed by atoms with Crippen LogP contribution >= 0.6 is 11.3 Å². The average molecular weight is 387 g/mol. The van der Waals surface area contributed by atoms with Gasteiger partial charge in [0.15, 0.2) is 17.5 Å². The first-order chi connectivity index (χ1) is 13.0. The average Bonchev–Trinajstić information content (AvgIpc) is 3.28. The second-order valence-electron chi connectivity index (χ2n) is 6.67. The summed E-state index contributed by atoms with van der Waals surface area (Å²) in [5, 5.41) is 10.3. The Balaban J connectivity index is 1.65. The van der Waals surface area contributed by atoms with Gasteiger partial charge in [-0.05, 0) is 35.9 Å². The molecule has 138 valence electrons. The van der Waals surface area contributed by atoms with Gasteiger partial charge in [0.2, 0.25) is 5.78 Å². The molecule has 9 heteroatoms. The predicted molar refractivity (Wildman–Crippen MR) is 99.3 cm³/mol. The maximum Gasteiger partial charge on any atom is 0.272 e. The zero-order valence-electron chi connectivity index (χ0n) is 14.4. The molecule has 0 saturated carbocycles. The number of benzene rings is 1. The fourth-order valence-electron chi connectivity index (χ4n) is 3.74. The molecule has 0 amide bonds. The molecule has 0 aliphatic carbocycles. The van der Waals surface area contributed by atoms with Crippen LogP contribution in [0, 0.1) is 11.6 Å². The Hall–Kier alpha value is -2.81. The van der Waals surface area contributed by atoms with Crippen molar-refractivity contribution in [3.05, 3.63) is 57.0 Å². The number of halogens is 2. The van der Waals surface area contributed by atoms with E-state index in [1.807, 2.05) is 20.7 Å². The zero-order valence-corrected chi connectivity index (χ0v) is 15.3. The number of nitrogens with zero attached hydrogens (tertiary/aromatic N) is 5. The summed E-state index contributed by atoms with van der Waals surface area (Å²) >= 11 is 1.38. The van der Waals surface area contributed by atoms with Crippen LogP contribution < -0.4 is 10.5 Å². The molecule has 0 unspecified atom stereocenters. The number of rotatable bonds is 2. The van der Waals surface area contributed by atoms with Gasteiger partial charge in [0.25, 0.3) is 5.56 Å². The summed E-state index contributed by atoms with van der Waals surface area (Å²) in [5.41, 5.74) is 2.14. The van der Waals surface area contributed by atoms with Crippen molar-refractivity contribution >= 4 is 33.0 Å². The largest absolute Gasteiger partial charge is 0.364 e. The Kier molecular flexibility index (Phi) is 3.55. The molecule has 0 bridgehead atoms. The van der Waals surface area contributed by atoms with Gasteiger partial charge in [-0.15, -0.1) is 21.5 Å². The maximum absolute atomic E-state index is 13.8. The molecule has 1 aromatic carbocycles. The van der Waals surface area contributed by atoms with Crippen molar-refractivity contribution in [1.82, 2.24) is 19.2 Å². The zero-order chi connectivity index (χ0) is 18.7. The lowest BCUT2D eigenvalue weighted by Gasteiger charge is -2.30. The molecular formula is C18H15F2N5OS. The van der Waals surface area contributed by atoms with Crippen LogP contribution in [-0.4, -0.2) is 25.7 Å². The summed E-state index contributed by atoms with van der Waals surface area (Å²) in [6, 6.07) is 4.41. The Morgan fingerprint density at radius 1 is 1.22 bits per heavy atom. The van der Waals surface area contributed by atoms with Crippen molar-refractivity contribution in [2.45, 2.75) is 19.4 Å². The molecule has 3 aromatic heterocycles. The topological polar surface area (TPSA) is 55.4 Å². The van der Waals surface area contributed by atoms with Gasteiger partial charge in [-0.1, -0.05) is 0 Å². The predicted octanol–water partition coefficient (Wildman–Crippen LogP) is 2.87. The van der Waals surface area contributed by atoms with Gasteiger partial charge in [0.05, 0.1) is 12.1 Å². The highest BCUT2D eigenvalue weighted by Crippen LogP contribution is 2.30. The van der Waals surface area contributed by atoms with Gasteiger partial charge >= 0.3 is 0 Å². The van der Waals surface area contributed by atoms with Gasteiger partial charge in [-0.25, -0.2) is 8.78 Å². The Morgan fingerprint density at radius 2 is 2.04 bits per heavy atom. The smallest absolute Gasteiger partial charge is 0.272 e. The molecule has 0 radical (unpaired) electrons. The lowest BCUT2D eigenvalue weighted by atomic mass is 10.0. The second-order valence-corrected chi connectivity index (χ2v) is 7.59. The first kappa shape index (κ1) is 16.4. The molecule has 1 aliphatic heterocycles. The quantitative estimate of drug-likeness (QED) is 0.531. The van der Waals surface area contributed by atoms with Gasteiger partial charge in [0, 0.05) is 25.3 Å². The van der Waals surface area contributed by atoms with Gasteiger partial charge < -0.3 is 4.90 Å². The molecule has 1 aliphatic rings. The van der Waals surface area contributed by atoms with E-state index in [1.165, 1.54) is 28.0 Å². The summed E-state index contributed by atoms with van der Waals surface area (Å²) in [5.74, 6) is -0.558. The van der Waals surface area contributed by atoms with E-state index in [0.29, 0.717) is 41.5 Å². The highest BCUT2D eigenvalue weighted by atomic mass is 32.1. The van der Waals surface area contributed by atoms with Crippen molar-refractivity contribution in [3.8, 4) is 0 Å². The van der Waals surface area contributed by atoms with Crippen molar-refractivity contribution in [1.29, 1.82) is 0 Å². The number of anilines is 1. The first-order valence-electron chi connectivity index (χ1n) is 8.57. The van der Waals surface area contributed by atoms with E-state index in [0.717, 1.165) is 17.5 Å². The number of thiophene rings is 1.